The van der Waals surface area contributed by atoms with Gasteiger partial charge < -0.3 is 14.5 Å². The number of nitrogens with one attached hydrogen (secondary N) is 1. The maximum atomic E-state index is 5.98. The predicted molar refractivity (Wildman–Crippen MR) is 81.3 cm³/mol. The molecule has 0 aliphatic rings. The van der Waals surface area contributed by atoms with Crippen LogP contribution >= 0.6 is 23.4 Å². The molecule has 0 atom stereocenters. The van der Waals surface area contributed by atoms with E-state index < -0.39 is 0 Å². The van der Waals surface area contributed by atoms with Crippen LogP contribution in [0.25, 0.3) is 0 Å². The summed E-state index contributed by atoms with van der Waals surface area (Å²) in [5.74, 6) is 3.47. The summed E-state index contributed by atoms with van der Waals surface area (Å²) in [5, 5.41) is 3.88. The quantitative estimate of drug-likeness (QED) is 0.856. The molecule has 0 saturated carbocycles. The van der Waals surface area contributed by atoms with Crippen molar-refractivity contribution in [2.75, 3.05) is 18.7 Å². The van der Waals surface area contributed by atoms with Gasteiger partial charge in [0.15, 0.2) is 0 Å². The van der Waals surface area contributed by atoms with Crippen LogP contribution in [0.2, 0.25) is 5.02 Å². The van der Waals surface area contributed by atoms with E-state index in [1.165, 1.54) is 0 Å². The van der Waals surface area contributed by atoms with Crippen LogP contribution in [0, 0.1) is 0 Å². The van der Waals surface area contributed by atoms with Crippen LogP contribution in [0.1, 0.15) is 11.5 Å². The summed E-state index contributed by atoms with van der Waals surface area (Å²) >= 11 is 7.72. The van der Waals surface area contributed by atoms with Gasteiger partial charge in [0.25, 0.3) is 0 Å². The molecular weight excluding hydrogens is 282 g/mol. The smallest absolute Gasteiger partial charge is 0.139 e. The second-order valence-corrected chi connectivity index (χ2v) is 5.28. The van der Waals surface area contributed by atoms with E-state index >= 15 is 0 Å². The zero-order chi connectivity index (χ0) is 13.7. The minimum absolute atomic E-state index is 0.605. The number of anilines is 1. The third-order valence-electron chi connectivity index (χ3n) is 2.62. The van der Waals surface area contributed by atoms with Crippen LogP contribution in [0.4, 0.5) is 5.69 Å². The molecule has 0 aliphatic carbocycles. The van der Waals surface area contributed by atoms with Crippen LogP contribution in [0.3, 0.4) is 0 Å². The van der Waals surface area contributed by atoms with Gasteiger partial charge in [0.05, 0.1) is 24.4 Å². The van der Waals surface area contributed by atoms with Gasteiger partial charge in [-0.2, -0.15) is 11.8 Å². The number of thioether (sulfide) groups is 1. The van der Waals surface area contributed by atoms with E-state index in [2.05, 4.69) is 11.6 Å². The number of hydrogen-bond donors (Lipinski definition) is 1. The first kappa shape index (κ1) is 14.2. The maximum absolute atomic E-state index is 5.98. The lowest BCUT2D eigenvalue weighted by Crippen LogP contribution is -1.98. The van der Waals surface area contributed by atoms with Crippen molar-refractivity contribution < 1.29 is 9.15 Å². The van der Waals surface area contributed by atoms with Gasteiger partial charge in [0, 0.05) is 11.8 Å². The summed E-state index contributed by atoms with van der Waals surface area (Å²) in [5.41, 5.74) is 0.948. The fraction of sp³-hybridized carbons (Fsp3) is 0.286. The first-order valence-electron chi connectivity index (χ1n) is 5.87. The highest BCUT2D eigenvalue weighted by molar-refractivity contribution is 7.97. The molecule has 102 valence electrons. The number of hydrogen-bond acceptors (Lipinski definition) is 4. The van der Waals surface area contributed by atoms with Gasteiger partial charge in [0.1, 0.15) is 17.3 Å². The van der Waals surface area contributed by atoms with E-state index in [-0.39, 0.29) is 0 Å². The number of benzene rings is 1. The Morgan fingerprint density at radius 2 is 2.05 bits per heavy atom. The van der Waals surface area contributed by atoms with Crippen LogP contribution in [0.15, 0.2) is 34.7 Å². The van der Waals surface area contributed by atoms with E-state index in [0.717, 1.165) is 23.0 Å². The molecule has 19 heavy (non-hydrogen) atoms. The normalized spacial score (nSPS) is 10.5. The molecule has 1 heterocycles. The SMILES string of the molecule is COc1cc(NCc2ccc(CSC)o2)ccc1Cl. The predicted octanol–water partition coefficient (Wildman–Crippen LogP) is 4.42. The van der Waals surface area contributed by atoms with E-state index in [0.29, 0.717) is 17.3 Å². The molecule has 2 rings (SSSR count). The fourth-order valence-electron chi connectivity index (χ4n) is 1.70. The average molecular weight is 298 g/mol. The van der Waals surface area contributed by atoms with Crippen LogP contribution in [-0.4, -0.2) is 13.4 Å². The maximum Gasteiger partial charge on any atom is 0.139 e. The summed E-state index contributed by atoms with van der Waals surface area (Å²) in [6, 6.07) is 9.59. The largest absolute Gasteiger partial charge is 0.495 e. The Morgan fingerprint density at radius 3 is 2.79 bits per heavy atom. The van der Waals surface area contributed by atoms with E-state index in [1.54, 1.807) is 18.9 Å². The second kappa shape index (κ2) is 6.78. The molecule has 1 aromatic carbocycles. The molecular formula is C14H16ClNO2S. The number of halogens is 1. The zero-order valence-electron chi connectivity index (χ0n) is 10.9. The Balaban J connectivity index is 1.97. The van der Waals surface area contributed by atoms with Crippen molar-refractivity contribution in [1.82, 2.24) is 0 Å². The summed E-state index contributed by atoms with van der Waals surface area (Å²) in [6.07, 6.45) is 2.06. The molecule has 0 fully saturated rings. The highest BCUT2D eigenvalue weighted by Gasteiger charge is 2.04. The number of ether oxygens (including phenoxy) is 1. The minimum Gasteiger partial charge on any atom is -0.495 e. The zero-order valence-corrected chi connectivity index (χ0v) is 12.5. The third kappa shape index (κ3) is 3.85. The topological polar surface area (TPSA) is 34.4 Å². The molecule has 1 N–H and O–H groups in total. The monoisotopic (exact) mass is 297 g/mol. The van der Waals surface area contributed by atoms with Gasteiger partial charge in [-0.1, -0.05) is 11.6 Å². The molecule has 0 radical (unpaired) electrons. The summed E-state index contributed by atoms with van der Waals surface area (Å²) < 4.78 is 10.9. The Hall–Kier alpha value is -1.26. The van der Waals surface area contributed by atoms with Crippen molar-refractivity contribution >= 4 is 29.1 Å². The molecule has 3 nitrogen and oxygen atoms in total. The van der Waals surface area contributed by atoms with Crippen molar-refractivity contribution in [3.63, 3.8) is 0 Å². The molecule has 0 spiro atoms. The Morgan fingerprint density at radius 1 is 1.26 bits per heavy atom. The molecule has 2 aromatic rings. The van der Waals surface area contributed by atoms with Crippen LogP contribution < -0.4 is 10.1 Å². The Bertz CT molecular complexity index is 542. The lowest BCUT2D eigenvalue weighted by atomic mass is 10.3. The van der Waals surface area contributed by atoms with Gasteiger partial charge in [0.2, 0.25) is 0 Å². The van der Waals surface area contributed by atoms with Gasteiger partial charge in [-0.15, -0.1) is 0 Å². The summed E-state index contributed by atoms with van der Waals surface area (Å²) in [6.45, 7) is 0.638. The molecule has 0 aliphatic heterocycles. The van der Waals surface area contributed by atoms with E-state index in [1.807, 2.05) is 30.3 Å². The van der Waals surface area contributed by atoms with Crippen molar-refractivity contribution in [1.29, 1.82) is 0 Å². The van der Waals surface area contributed by atoms with Gasteiger partial charge in [-0.05, 0) is 30.5 Å². The molecule has 0 unspecified atom stereocenters. The highest BCUT2D eigenvalue weighted by atomic mass is 35.5. The lowest BCUT2D eigenvalue weighted by Gasteiger charge is -2.08. The lowest BCUT2D eigenvalue weighted by molar-refractivity contribution is 0.415. The number of methoxy groups -OCH3 is 1. The van der Waals surface area contributed by atoms with Crippen molar-refractivity contribution in [3.05, 3.63) is 46.9 Å². The molecule has 0 amide bonds. The molecule has 5 heteroatoms. The van der Waals surface area contributed by atoms with E-state index in [4.69, 9.17) is 20.8 Å². The van der Waals surface area contributed by atoms with Gasteiger partial charge in [-0.25, -0.2) is 0 Å². The molecule has 0 bridgehead atoms. The van der Waals surface area contributed by atoms with Crippen molar-refractivity contribution in [2.45, 2.75) is 12.3 Å². The standard InChI is InChI=1S/C14H16ClNO2S/c1-17-14-7-10(3-6-13(14)15)16-8-11-4-5-12(18-11)9-19-2/h3-7,16H,8-9H2,1-2H3. The first-order chi connectivity index (χ1) is 9.22. The Labute approximate surface area is 122 Å². The number of furan rings is 1. The van der Waals surface area contributed by atoms with E-state index in [9.17, 15) is 0 Å². The van der Waals surface area contributed by atoms with Gasteiger partial charge in [-0.3, -0.25) is 0 Å². The highest BCUT2D eigenvalue weighted by Crippen LogP contribution is 2.27. The third-order valence-corrected chi connectivity index (χ3v) is 3.51. The van der Waals surface area contributed by atoms with Crippen molar-refractivity contribution in [2.24, 2.45) is 0 Å². The molecule has 0 saturated heterocycles. The average Bonchev–Trinajstić information content (AvgIpc) is 2.86. The van der Waals surface area contributed by atoms with Gasteiger partial charge >= 0.3 is 0 Å². The summed E-state index contributed by atoms with van der Waals surface area (Å²) in [7, 11) is 1.60. The van der Waals surface area contributed by atoms with Crippen molar-refractivity contribution in [3.8, 4) is 5.75 Å². The second-order valence-electron chi connectivity index (χ2n) is 4.00. The van der Waals surface area contributed by atoms with Crippen LogP contribution in [0.5, 0.6) is 5.75 Å². The summed E-state index contributed by atoms with van der Waals surface area (Å²) in [4.78, 5) is 0. The molecule has 1 aromatic heterocycles. The number of rotatable bonds is 6. The minimum atomic E-state index is 0.605. The fourth-order valence-corrected chi connectivity index (χ4v) is 2.33. The Kier molecular flexibility index (Phi) is 5.05. The van der Waals surface area contributed by atoms with Crippen LogP contribution in [-0.2, 0) is 12.3 Å². The first-order valence-corrected chi connectivity index (χ1v) is 7.64.